The predicted molar refractivity (Wildman–Crippen MR) is 75.2 cm³/mol. The number of rotatable bonds is 5. The summed E-state index contributed by atoms with van der Waals surface area (Å²) in [5.74, 6) is -0.182. The number of benzene rings is 1. The molecule has 0 saturated carbocycles. The molecule has 1 atom stereocenters. The Balaban J connectivity index is 2.94. The molecule has 0 aromatic heterocycles. The number of nitrogens with zero attached hydrogens (tertiary/aromatic N) is 1. The summed E-state index contributed by atoms with van der Waals surface area (Å²) in [5.41, 5.74) is 0.979. The lowest BCUT2D eigenvalue weighted by Gasteiger charge is -2.19. The van der Waals surface area contributed by atoms with Crippen molar-refractivity contribution in [3.63, 3.8) is 0 Å². The molecule has 0 spiro atoms. The van der Waals surface area contributed by atoms with Crippen molar-refractivity contribution >= 4 is 15.9 Å². The molecule has 1 amide bonds. The second-order valence-electron chi connectivity index (χ2n) is 4.90. The van der Waals surface area contributed by atoms with Crippen molar-refractivity contribution in [2.24, 2.45) is 5.92 Å². The van der Waals surface area contributed by atoms with Gasteiger partial charge in [-0.05, 0) is 25.0 Å². The molecule has 106 valence electrons. The lowest BCUT2D eigenvalue weighted by molar-refractivity contribution is -0.126. The highest BCUT2D eigenvalue weighted by Gasteiger charge is 2.25. The molecule has 5 heteroatoms. The van der Waals surface area contributed by atoms with E-state index in [0.29, 0.717) is 0 Å². The Kier molecular flexibility index (Phi) is 5.11. The summed E-state index contributed by atoms with van der Waals surface area (Å²) in [6, 6.07) is 6.50. The van der Waals surface area contributed by atoms with E-state index in [0.717, 1.165) is 16.3 Å². The van der Waals surface area contributed by atoms with Crippen LogP contribution in [0.1, 0.15) is 32.3 Å². The molecular weight excluding hydrogens is 262 g/mol. The Bertz CT molecular complexity index is 534. The first-order chi connectivity index (χ1) is 8.78. The van der Waals surface area contributed by atoms with E-state index in [2.05, 4.69) is 0 Å². The van der Waals surface area contributed by atoms with E-state index >= 15 is 0 Å². The first kappa shape index (κ1) is 15.7. The average Bonchev–Trinajstić information content (AvgIpc) is 2.38. The van der Waals surface area contributed by atoms with Crippen LogP contribution in [0.4, 0.5) is 0 Å². The number of aryl methyl sites for hydroxylation is 1. The Morgan fingerprint density at radius 1 is 1.26 bits per heavy atom. The van der Waals surface area contributed by atoms with Crippen LogP contribution in [-0.2, 0) is 14.8 Å². The minimum Gasteiger partial charge on any atom is -0.274 e. The van der Waals surface area contributed by atoms with Gasteiger partial charge in [0, 0.05) is 13.5 Å². The average molecular weight is 283 g/mol. The van der Waals surface area contributed by atoms with E-state index in [1.807, 2.05) is 20.8 Å². The van der Waals surface area contributed by atoms with E-state index in [1.54, 1.807) is 12.1 Å². The maximum atomic E-state index is 12.3. The van der Waals surface area contributed by atoms with E-state index in [9.17, 15) is 13.2 Å². The topological polar surface area (TPSA) is 54.5 Å². The molecule has 19 heavy (non-hydrogen) atoms. The molecular formula is C14H21NO3S. The van der Waals surface area contributed by atoms with Gasteiger partial charge in [0.15, 0.2) is 0 Å². The molecule has 1 aromatic rings. The van der Waals surface area contributed by atoms with E-state index in [1.165, 1.54) is 19.2 Å². The van der Waals surface area contributed by atoms with Crippen LogP contribution in [0.3, 0.4) is 0 Å². The van der Waals surface area contributed by atoms with Gasteiger partial charge in [0.1, 0.15) is 0 Å². The Hall–Kier alpha value is -1.36. The SMILES string of the molecule is CC[C@H](C)CC(=O)N(C)S(=O)(=O)c1ccc(C)cc1. The van der Waals surface area contributed by atoms with Crippen LogP contribution in [0.15, 0.2) is 29.2 Å². The summed E-state index contributed by atoms with van der Waals surface area (Å²) < 4.78 is 25.4. The number of hydrogen-bond donors (Lipinski definition) is 0. The molecule has 1 rings (SSSR count). The van der Waals surface area contributed by atoms with Crippen LogP contribution in [0.2, 0.25) is 0 Å². The normalized spacial score (nSPS) is 13.1. The number of amides is 1. The largest absolute Gasteiger partial charge is 0.274 e. The highest BCUT2D eigenvalue weighted by atomic mass is 32.2. The van der Waals surface area contributed by atoms with E-state index < -0.39 is 10.0 Å². The molecule has 0 aliphatic rings. The number of sulfonamides is 1. The Labute approximate surface area is 115 Å². The lowest BCUT2D eigenvalue weighted by Crippen LogP contribution is -2.34. The van der Waals surface area contributed by atoms with E-state index in [4.69, 9.17) is 0 Å². The van der Waals surface area contributed by atoms with Gasteiger partial charge in [-0.3, -0.25) is 4.79 Å². The highest BCUT2D eigenvalue weighted by molar-refractivity contribution is 7.89. The van der Waals surface area contributed by atoms with Crippen molar-refractivity contribution in [1.82, 2.24) is 4.31 Å². The molecule has 0 fully saturated rings. The van der Waals surface area contributed by atoms with Gasteiger partial charge in [-0.1, -0.05) is 38.0 Å². The third-order valence-corrected chi connectivity index (χ3v) is 5.04. The predicted octanol–water partition coefficient (Wildman–Crippen LogP) is 2.58. The lowest BCUT2D eigenvalue weighted by atomic mass is 10.1. The molecule has 0 aliphatic heterocycles. The van der Waals surface area contributed by atoms with Gasteiger partial charge in [-0.25, -0.2) is 12.7 Å². The molecule has 0 bridgehead atoms. The number of hydrogen-bond acceptors (Lipinski definition) is 3. The van der Waals surface area contributed by atoms with Gasteiger partial charge in [0.2, 0.25) is 5.91 Å². The molecule has 4 nitrogen and oxygen atoms in total. The standard InChI is InChI=1S/C14H21NO3S/c1-5-11(2)10-14(16)15(4)19(17,18)13-8-6-12(3)7-9-13/h6-9,11H,5,10H2,1-4H3/t11-/m0/s1. The smallest absolute Gasteiger partial charge is 0.266 e. The van der Waals surface area contributed by atoms with Crippen LogP contribution in [-0.4, -0.2) is 25.7 Å². The minimum atomic E-state index is -3.73. The number of carbonyl (C=O) groups excluding carboxylic acids is 1. The molecule has 0 unspecified atom stereocenters. The van der Waals surface area contributed by atoms with Gasteiger partial charge in [-0.15, -0.1) is 0 Å². The van der Waals surface area contributed by atoms with Crippen LogP contribution in [0.5, 0.6) is 0 Å². The zero-order chi connectivity index (χ0) is 14.6. The fourth-order valence-corrected chi connectivity index (χ4v) is 2.71. The van der Waals surface area contributed by atoms with Gasteiger partial charge < -0.3 is 0 Å². The Morgan fingerprint density at radius 2 is 1.79 bits per heavy atom. The second kappa shape index (κ2) is 6.19. The fraction of sp³-hybridized carbons (Fsp3) is 0.500. The monoisotopic (exact) mass is 283 g/mol. The van der Waals surface area contributed by atoms with Gasteiger partial charge >= 0.3 is 0 Å². The first-order valence-electron chi connectivity index (χ1n) is 6.37. The van der Waals surface area contributed by atoms with Crippen molar-refractivity contribution in [1.29, 1.82) is 0 Å². The van der Waals surface area contributed by atoms with Crippen LogP contribution >= 0.6 is 0 Å². The van der Waals surface area contributed by atoms with Crippen LogP contribution < -0.4 is 0 Å². The zero-order valence-corrected chi connectivity index (χ0v) is 12.7. The highest BCUT2D eigenvalue weighted by Crippen LogP contribution is 2.17. The summed E-state index contributed by atoms with van der Waals surface area (Å²) >= 11 is 0. The van der Waals surface area contributed by atoms with Crippen LogP contribution in [0.25, 0.3) is 0 Å². The molecule has 1 aromatic carbocycles. The van der Waals surface area contributed by atoms with Crippen LogP contribution in [0, 0.1) is 12.8 Å². The first-order valence-corrected chi connectivity index (χ1v) is 7.81. The third-order valence-electron chi connectivity index (χ3n) is 3.25. The summed E-state index contributed by atoms with van der Waals surface area (Å²) in [6.45, 7) is 5.80. The summed E-state index contributed by atoms with van der Waals surface area (Å²) in [7, 11) is -2.41. The van der Waals surface area contributed by atoms with Crippen molar-refractivity contribution in [2.45, 2.75) is 38.5 Å². The zero-order valence-electron chi connectivity index (χ0n) is 11.9. The maximum Gasteiger partial charge on any atom is 0.266 e. The second-order valence-corrected chi connectivity index (χ2v) is 6.87. The van der Waals surface area contributed by atoms with Gasteiger partial charge in [0.05, 0.1) is 4.90 Å². The molecule has 0 heterocycles. The summed E-state index contributed by atoms with van der Waals surface area (Å²) in [6.07, 6.45) is 1.10. The molecule has 0 N–H and O–H groups in total. The van der Waals surface area contributed by atoms with Gasteiger partial charge in [-0.2, -0.15) is 0 Å². The molecule has 0 aliphatic carbocycles. The quantitative estimate of drug-likeness (QED) is 0.834. The number of carbonyl (C=O) groups is 1. The molecule has 0 radical (unpaired) electrons. The van der Waals surface area contributed by atoms with Gasteiger partial charge in [0.25, 0.3) is 10.0 Å². The van der Waals surface area contributed by atoms with Crippen molar-refractivity contribution < 1.29 is 13.2 Å². The third kappa shape index (κ3) is 3.80. The minimum absolute atomic E-state index is 0.151. The summed E-state index contributed by atoms with van der Waals surface area (Å²) in [4.78, 5) is 12.1. The van der Waals surface area contributed by atoms with Crippen molar-refractivity contribution in [3.05, 3.63) is 29.8 Å². The molecule has 0 saturated heterocycles. The van der Waals surface area contributed by atoms with Crippen molar-refractivity contribution in [2.75, 3.05) is 7.05 Å². The maximum absolute atomic E-state index is 12.3. The Morgan fingerprint density at radius 3 is 2.26 bits per heavy atom. The fourth-order valence-electron chi connectivity index (χ4n) is 1.57. The van der Waals surface area contributed by atoms with E-state index in [-0.39, 0.29) is 23.1 Å². The summed E-state index contributed by atoms with van der Waals surface area (Å²) in [5, 5.41) is 0. The van der Waals surface area contributed by atoms with Crippen molar-refractivity contribution in [3.8, 4) is 0 Å².